The highest BCUT2D eigenvalue weighted by Gasteiger charge is 2.05. The highest BCUT2D eigenvalue weighted by atomic mass is 32.1. The van der Waals surface area contributed by atoms with Gasteiger partial charge < -0.3 is 15.4 Å². The number of aromatic nitrogens is 2. The van der Waals surface area contributed by atoms with E-state index in [1.807, 2.05) is 6.92 Å². The fourth-order valence-corrected chi connectivity index (χ4v) is 2.16. The van der Waals surface area contributed by atoms with Crippen molar-refractivity contribution in [3.8, 4) is 5.75 Å². The number of carbonyl (C=O) groups is 1. The summed E-state index contributed by atoms with van der Waals surface area (Å²) in [5, 5.41) is 6.69. The largest absolute Gasteiger partial charge is 0.497 e. The van der Waals surface area contributed by atoms with Crippen molar-refractivity contribution in [1.29, 1.82) is 0 Å². The molecule has 2 rings (SSSR count). The van der Waals surface area contributed by atoms with Gasteiger partial charge in [0.05, 0.1) is 7.11 Å². The van der Waals surface area contributed by atoms with Crippen molar-refractivity contribution in [2.24, 2.45) is 0 Å². The van der Waals surface area contributed by atoms with Crippen LogP contribution in [0.4, 0.5) is 5.13 Å². The summed E-state index contributed by atoms with van der Waals surface area (Å²) in [5.74, 6) is 1.37. The van der Waals surface area contributed by atoms with Crippen LogP contribution in [0.2, 0.25) is 0 Å². The number of anilines is 1. The number of amides is 1. The normalized spacial score (nSPS) is 10.1. The molecule has 0 bridgehead atoms. The molecule has 0 fully saturated rings. The summed E-state index contributed by atoms with van der Waals surface area (Å²) in [6, 6.07) is 6.99. The van der Waals surface area contributed by atoms with Crippen LogP contribution in [0.3, 0.4) is 0 Å². The van der Waals surface area contributed by atoms with Crippen LogP contribution < -0.4 is 15.4 Å². The first-order chi connectivity index (χ1) is 9.69. The smallest absolute Gasteiger partial charge is 0.251 e. The summed E-state index contributed by atoms with van der Waals surface area (Å²) in [5.41, 5.74) is 0.609. The van der Waals surface area contributed by atoms with Gasteiger partial charge in [-0.3, -0.25) is 4.79 Å². The fourth-order valence-electron chi connectivity index (χ4n) is 1.56. The van der Waals surface area contributed by atoms with Crippen molar-refractivity contribution in [2.75, 3.05) is 25.5 Å². The summed E-state index contributed by atoms with van der Waals surface area (Å²) in [6.45, 7) is 2.97. The summed E-state index contributed by atoms with van der Waals surface area (Å²) in [6.07, 6.45) is 0. The van der Waals surface area contributed by atoms with Crippen molar-refractivity contribution in [3.63, 3.8) is 0 Å². The Hall–Kier alpha value is -2.15. The van der Waals surface area contributed by atoms with E-state index in [0.29, 0.717) is 18.7 Å². The van der Waals surface area contributed by atoms with Gasteiger partial charge in [0, 0.05) is 30.2 Å². The number of aryl methyl sites for hydroxylation is 1. The van der Waals surface area contributed by atoms with Gasteiger partial charge in [0.25, 0.3) is 5.91 Å². The Bertz CT molecular complexity index is 568. The van der Waals surface area contributed by atoms with Crippen molar-refractivity contribution in [3.05, 3.63) is 35.7 Å². The molecule has 106 valence electrons. The van der Waals surface area contributed by atoms with Crippen LogP contribution in [-0.2, 0) is 0 Å². The Kier molecular flexibility index (Phi) is 4.89. The van der Waals surface area contributed by atoms with Crippen molar-refractivity contribution in [1.82, 2.24) is 14.7 Å². The van der Waals surface area contributed by atoms with E-state index in [-0.39, 0.29) is 5.91 Å². The molecule has 2 aromatic rings. The molecule has 0 saturated heterocycles. The lowest BCUT2D eigenvalue weighted by molar-refractivity contribution is 0.0955. The number of methoxy groups -OCH3 is 1. The third kappa shape index (κ3) is 3.92. The van der Waals surface area contributed by atoms with Crippen LogP contribution in [0, 0.1) is 6.92 Å². The maximum Gasteiger partial charge on any atom is 0.251 e. The van der Waals surface area contributed by atoms with E-state index in [0.717, 1.165) is 16.7 Å². The molecular weight excluding hydrogens is 276 g/mol. The van der Waals surface area contributed by atoms with Gasteiger partial charge in [-0.05, 0) is 31.2 Å². The van der Waals surface area contributed by atoms with Crippen LogP contribution in [0.5, 0.6) is 5.75 Å². The molecule has 20 heavy (non-hydrogen) atoms. The Labute approximate surface area is 121 Å². The van der Waals surface area contributed by atoms with Crippen LogP contribution in [0.15, 0.2) is 24.3 Å². The Morgan fingerprint density at radius 1 is 1.30 bits per heavy atom. The fraction of sp³-hybridized carbons (Fsp3) is 0.308. The van der Waals surface area contributed by atoms with Crippen molar-refractivity contribution < 1.29 is 9.53 Å². The summed E-state index contributed by atoms with van der Waals surface area (Å²) in [4.78, 5) is 16.0. The molecule has 0 aliphatic rings. The molecule has 1 aromatic heterocycles. The molecule has 0 saturated carbocycles. The number of hydrogen-bond acceptors (Lipinski definition) is 6. The number of carbonyl (C=O) groups excluding carboxylic acids is 1. The van der Waals surface area contributed by atoms with E-state index >= 15 is 0 Å². The van der Waals surface area contributed by atoms with Gasteiger partial charge in [0.2, 0.25) is 5.13 Å². The van der Waals surface area contributed by atoms with Crippen LogP contribution in [0.1, 0.15) is 16.2 Å². The molecular formula is C13H16N4O2S. The van der Waals surface area contributed by atoms with Gasteiger partial charge in [-0.2, -0.15) is 4.37 Å². The van der Waals surface area contributed by atoms with E-state index in [4.69, 9.17) is 4.74 Å². The number of ether oxygens (including phenoxy) is 1. The van der Waals surface area contributed by atoms with E-state index in [2.05, 4.69) is 20.0 Å². The Balaban J connectivity index is 1.74. The SMILES string of the molecule is COc1ccc(C(=O)NCCNc2nc(C)ns2)cc1. The molecule has 0 atom stereocenters. The molecule has 0 unspecified atom stereocenters. The second kappa shape index (κ2) is 6.85. The predicted octanol–water partition coefficient (Wildman–Crippen LogP) is 1.70. The van der Waals surface area contributed by atoms with Gasteiger partial charge in [-0.15, -0.1) is 0 Å². The quantitative estimate of drug-likeness (QED) is 0.793. The minimum absolute atomic E-state index is 0.108. The van der Waals surface area contributed by atoms with Gasteiger partial charge in [-0.25, -0.2) is 4.98 Å². The average Bonchev–Trinajstić information content (AvgIpc) is 2.89. The zero-order valence-corrected chi connectivity index (χ0v) is 12.2. The third-order valence-electron chi connectivity index (χ3n) is 2.57. The van der Waals surface area contributed by atoms with E-state index in [9.17, 15) is 4.79 Å². The van der Waals surface area contributed by atoms with Gasteiger partial charge >= 0.3 is 0 Å². The Morgan fingerprint density at radius 2 is 2.05 bits per heavy atom. The lowest BCUT2D eigenvalue weighted by Crippen LogP contribution is -2.28. The molecule has 0 spiro atoms. The monoisotopic (exact) mass is 292 g/mol. The summed E-state index contributed by atoms with van der Waals surface area (Å²) in [7, 11) is 1.59. The molecule has 7 heteroatoms. The first-order valence-electron chi connectivity index (χ1n) is 6.15. The topological polar surface area (TPSA) is 76.1 Å². The second-order valence-electron chi connectivity index (χ2n) is 4.06. The van der Waals surface area contributed by atoms with Crippen LogP contribution in [-0.4, -0.2) is 35.5 Å². The summed E-state index contributed by atoms with van der Waals surface area (Å²) >= 11 is 1.31. The zero-order valence-electron chi connectivity index (χ0n) is 11.3. The summed E-state index contributed by atoms with van der Waals surface area (Å²) < 4.78 is 9.11. The van der Waals surface area contributed by atoms with E-state index in [1.54, 1.807) is 31.4 Å². The minimum Gasteiger partial charge on any atom is -0.497 e. The molecule has 1 aromatic carbocycles. The number of hydrogen-bond donors (Lipinski definition) is 2. The third-order valence-corrected chi connectivity index (χ3v) is 3.33. The zero-order chi connectivity index (χ0) is 14.4. The first kappa shape index (κ1) is 14.3. The molecule has 1 heterocycles. The van der Waals surface area contributed by atoms with E-state index in [1.165, 1.54) is 11.5 Å². The lowest BCUT2D eigenvalue weighted by atomic mass is 10.2. The number of nitrogens with zero attached hydrogens (tertiary/aromatic N) is 2. The Morgan fingerprint density at radius 3 is 2.65 bits per heavy atom. The van der Waals surface area contributed by atoms with Gasteiger partial charge in [0.1, 0.15) is 11.6 Å². The van der Waals surface area contributed by atoms with Gasteiger partial charge in [0.15, 0.2) is 0 Å². The highest BCUT2D eigenvalue weighted by molar-refractivity contribution is 7.09. The second-order valence-corrected chi connectivity index (χ2v) is 4.81. The molecule has 2 N–H and O–H groups in total. The molecule has 0 radical (unpaired) electrons. The minimum atomic E-state index is -0.108. The molecule has 0 aliphatic heterocycles. The first-order valence-corrected chi connectivity index (χ1v) is 6.93. The van der Waals surface area contributed by atoms with E-state index < -0.39 is 0 Å². The van der Waals surface area contributed by atoms with Gasteiger partial charge in [-0.1, -0.05) is 0 Å². The maximum absolute atomic E-state index is 11.9. The van der Waals surface area contributed by atoms with Crippen molar-refractivity contribution >= 4 is 22.6 Å². The maximum atomic E-state index is 11.9. The molecule has 6 nitrogen and oxygen atoms in total. The lowest BCUT2D eigenvalue weighted by Gasteiger charge is -2.06. The van der Waals surface area contributed by atoms with Crippen molar-refractivity contribution in [2.45, 2.75) is 6.92 Å². The molecule has 1 amide bonds. The van der Waals surface area contributed by atoms with Crippen LogP contribution >= 0.6 is 11.5 Å². The number of rotatable bonds is 6. The number of benzene rings is 1. The van der Waals surface area contributed by atoms with Crippen LogP contribution in [0.25, 0.3) is 0 Å². The highest BCUT2D eigenvalue weighted by Crippen LogP contribution is 2.11. The number of nitrogens with one attached hydrogen (secondary N) is 2. The predicted molar refractivity (Wildman–Crippen MR) is 78.5 cm³/mol. The molecule has 0 aliphatic carbocycles. The average molecular weight is 292 g/mol. The standard InChI is InChI=1S/C13H16N4O2S/c1-9-16-13(20-17-9)15-8-7-14-12(18)10-3-5-11(19-2)6-4-10/h3-6H,7-8H2,1-2H3,(H,14,18)(H,15,16,17).